The normalized spacial score (nSPS) is 38.8. The summed E-state index contributed by atoms with van der Waals surface area (Å²) in [6, 6.07) is 1.17. The largest absolute Gasteiger partial charge is 0.381 e. The molecular formula is C14H26N2O2. The summed E-state index contributed by atoms with van der Waals surface area (Å²) in [6.45, 7) is 8.34. The van der Waals surface area contributed by atoms with Crippen molar-refractivity contribution >= 4 is 0 Å². The lowest BCUT2D eigenvalue weighted by atomic mass is 9.92. The van der Waals surface area contributed by atoms with Crippen LogP contribution in [-0.2, 0) is 9.47 Å². The number of likely N-dealkylation sites (N-methyl/N-ethyl adjacent to an activating group) is 1. The quantitative estimate of drug-likeness (QED) is 0.807. The molecule has 18 heavy (non-hydrogen) atoms. The van der Waals surface area contributed by atoms with Crippen LogP contribution in [0.5, 0.6) is 0 Å². The van der Waals surface area contributed by atoms with E-state index in [4.69, 9.17) is 9.47 Å². The standard InChI is InChI=1S/C14H26N2O2/c1-2-15-14(11-5-7-17-9-11)13-8-16-6-3-4-12(16)10-18-13/h11-15H,2-10H2,1H3. The SMILES string of the molecule is CCNC(C1CCOC1)C1CN2CCCC2CO1. The molecule has 0 aromatic carbocycles. The first-order chi connectivity index (χ1) is 8.88. The van der Waals surface area contributed by atoms with Crippen LogP contribution in [0, 0.1) is 5.92 Å². The fraction of sp³-hybridized carbons (Fsp3) is 1.00. The average molecular weight is 254 g/mol. The predicted molar refractivity (Wildman–Crippen MR) is 70.7 cm³/mol. The molecule has 0 spiro atoms. The number of nitrogens with zero attached hydrogens (tertiary/aromatic N) is 1. The molecule has 3 fully saturated rings. The maximum atomic E-state index is 6.16. The average Bonchev–Trinajstić information content (AvgIpc) is 3.05. The van der Waals surface area contributed by atoms with Gasteiger partial charge in [0, 0.05) is 31.2 Å². The molecule has 4 unspecified atom stereocenters. The number of ether oxygens (including phenoxy) is 2. The zero-order valence-electron chi connectivity index (χ0n) is 11.4. The summed E-state index contributed by atoms with van der Waals surface area (Å²) < 4.78 is 11.7. The first-order valence-electron chi connectivity index (χ1n) is 7.55. The zero-order chi connectivity index (χ0) is 12.4. The van der Waals surface area contributed by atoms with Crippen molar-refractivity contribution in [1.29, 1.82) is 0 Å². The molecule has 3 aliphatic heterocycles. The van der Waals surface area contributed by atoms with Gasteiger partial charge >= 0.3 is 0 Å². The highest BCUT2D eigenvalue weighted by Gasteiger charge is 2.39. The summed E-state index contributed by atoms with van der Waals surface area (Å²) in [5.74, 6) is 0.633. The molecule has 3 rings (SSSR count). The molecule has 0 aliphatic carbocycles. The number of hydrogen-bond acceptors (Lipinski definition) is 4. The molecule has 0 aromatic rings. The third kappa shape index (κ3) is 2.57. The first kappa shape index (κ1) is 12.9. The summed E-state index contributed by atoms with van der Waals surface area (Å²) >= 11 is 0. The van der Waals surface area contributed by atoms with E-state index in [9.17, 15) is 0 Å². The van der Waals surface area contributed by atoms with Gasteiger partial charge in [-0.15, -0.1) is 0 Å². The number of morpholine rings is 1. The Morgan fingerprint density at radius 1 is 1.33 bits per heavy atom. The minimum atomic E-state index is 0.353. The molecule has 4 atom stereocenters. The fourth-order valence-corrected chi connectivity index (χ4v) is 3.73. The highest BCUT2D eigenvalue weighted by atomic mass is 16.5. The predicted octanol–water partition coefficient (Wildman–Crippen LogP) is 0.864. The number of nitrogens with one attached hydrogen (secondary N) is 1. The van der Waals surface area contributed by atoms with Gasteiger partial charge in [0.05, 0.1) is 19.3 Å². The van der Waals surface area contributed by atoms with Crippen LogP contribution in [0.3, 0.4) is 0 Å². The molecule has 4 nitrogen and oxygen atoms in total. The third-order valence-corrected chi connectivity index (χ3v) is 4.73. The van der Waals surface area contributed by atoms with E-state index in [-0.39, 0.29) is 0 Å². The van der Waals surface area contributed by atoms with Gasteiger partial charge < -0.3 is 14.8 Å². The summed E-state index contributed by atoms with van der Waals surface area (Å²) in [5.41, 5.74) is 0. The van der Waals surface area contributed by atoms with Crippen LogP contribution >= 0.6 is 0 Å². The van der Waals surface area contributed by atoms with Crippen molar-refractivity contribution in [3.05, 3.63) is 0 Å². The molecular weight excluding hydrogens is 228 g/mol. The molecule has 1 N–H and O–H groups in total. The Morgan fingerprint density at radius 3 is 3.06 bits per heavy atom. The Kier molecular flexibility index (Phi) is 4.19. The molecule has 0 bridgehead atoms. The van der Waals surface area contributed by atoms with Gasteiger partial charge in [0.2, 0.25) is 0 Å². The fourth-order valence-electron chi connectivity index (χ4n) is 3.73. The molecule has 3 saturated heterocycles. The minimum absolute atomic E-state index is 0.353. The van der Waals surface area contributed by atoms with Gasteiger partial charge in [-0.25, -0.2) is 0 Å². The zero-order valence-corrected chi connectivity index (χ0v) is 11.4. The highest BCUT2D eigenvalue weighted by molar-refractivity contribution is 4.93. The van der Waals surface area contributed by atoms with Gasteiger partial charge in [0.25, 0.3) is 0 Å². The molecule has 104 valence electrons. The van der Waals surface area contributed by atoms with Gasteiger partial charge in [0.1, 0.15) is 0 Å². The molecule has 0 aromatic heterocycles. The van der Waals surface area contributed by atoms with Crippen LogP contribution < -0.4 is 5.32 Å². The van der Waals surface area contributed by atoms with Gasteiger partial charge in [-0.1, -0.05) is 6.92 Å². The second-order valence-corrected chi connectivity index (χ2v) is 5.87. The van der Waals surface area contributed by atoms with Crippen molar-refractivity contribution in [2.24, 2.45) is 5.92 Å². The smallest absolute Gasteiger partial charge is 0.0859 e. The molecule has 3 heterocycles. The van der Waals surface area contributed by atoms with E-state index in [0.717, 1.165) is 32.9 Å². The van der Waals surface area contributed by atoms with Crippen molar-refractivity contribution in [2.75, 3.05) is 39.5 Å². The Hall–Kier alpha value is -0.160. The monoisotopic (exact) mass is 254 g/mol. The lowest BCUT2D eigenvalue weighted by molar-refractivity contribution is -0.0734. The van der Waals surface area contributed by atoms with Crippen molar-refractivity contribution in [3.8, 4) is 0 Å². The van der Waals surface area contributed by atoms with E-state index in [1.165, 1.54) is 25.8 Å². The summed E-state index contributed by atoms with van der Waals surface area (Å²) in [4.78, 5) is 2.63. The highest BCUT2D eigenvalue weighted by Crippen LogP contribution is 2.27. The molecule has 0 saturated carbocycles. The van der Waals surface area contributed by atoms with E-state index in [2.05, 4.69) is 17.1 Å². The Balaban J connectivity index is 1.62. The van der Waals surface area contributed by atoms with Crippen molar-refractivity contribution in [2.45, 2.75) is 44.4 Å². The Labute approximate surface area is 110 Å². The van der Waals surface area contributed by atoms with Crippen LogP contribution in [0.15, 0.2) is 0 Å². The lowest BCUT2D eigenvalue weighted by Crippen LogP contribution is -2.56. The molecule has 3 aliphatic rings. The number of fused-ring (bicyclic) bond motifs is 1. The van der Waals surface area contributed by atoms with Crippen LogP contribution in [0.2, 0.25) is 0 Å². The summed E-state index contributed by atoms with van der Waals surface area (Å²) in [6.07, 6.45) is 4.21. The van der Waals surface area contributed by atoms with Crippen LogP contribution in [0.25, 0.3) is 0 Å². The Morgan fingerprint density at radius 2 is 2.28 bits per heavy atom. The minimum Gasteiger partial charge on any atom is -0.381 e. The van der Waals surface area contributed by atoms with Crippen LogP contribution in [0.1, 0.15) is 26.2 Å². The van der Waals surface area contributed by atoms with E-state index < -0.39 is 0 Å². The van der Waals surface area contributed by atoms with Crippen molar-refractivity contribution in [1.82, 2.24) is 10.2 Å². The maximum Gasteiger partial charge on any atom is 0.0859 e. The van der Waals surface area contributed by atoms with Gasteiger partial charge in [-0.2, -0.15) is 0 Å². The molecule has 0 radical (unpaired) electrons. The maximum absolute atomic E-state index is 6.16. The van der Waals surface area contributed by atoms with E-state index in [0.29, 0.717) is 24.1 Å². The Bertz CT molecular complexity index is 269. The van der Waals surface area contributed by atoms with Gasteiger partial charge in [0.15, 0.2) is 0 Å². The van der Waals surface area contributed by atoms with Crippen molar-refractivity contribution < 1.29 is 9.47 Å². The first-order valence-corrected chi connectivity index (χ1v) is 7.55. The van der Waals surface area contributed by atoms with E-state index in [1.807, 2.05) is 0 Å². The van der Waals surface area contributed by atoms with Gasteiger partial charge in [-0.3, -0.25) is 4.90 Å². The van der Waals surface area contributed by atoms with Crippen LogP contribution in [0.4, 0.5) is 0 Å². The van der Waals surface area contributed by atoms with Crippen molar-refractivity contribution in [3.63, 3.8) is 0 Å². The molecule has 4 heteroatoms. The third-order valence-electron chi connectivity index (χ3n) is 4.73. The van der Waals surface area contributed by atoms with Crippen LogP contribution in [-0.4, -0.2) is 62.5 Å². The number of hydrogen-bond donors (Lipinski definition) is 1. The second-order valence-electron chi connectivity index (χ2n) is 5.87. The van der Waals surface area contributed by atoms with E-state index >= 15 is 0 Å². The lowest BCUT2D eigenvalue weighted by Gasteiger charge is -2.40. The summed E-state index contributed by atoms with van der Waals surface area (Å²) in [7, 11) is 0. The second kappa shape index (κ2) is 5.87. The summed E-state index contributed by atoms with van der Waals surface area (Å²) in [5, 5.41) is 3.64. The van der Waals surface area contributed by atoms with E-state index in [1.54, 1.807) is 0 Å². The topological polar surface area (TPSA) is 33.7 Å². The van der Waals surface area contributed by atoms with Gasteiger partial charge in [-0.05, 0) is 32.4 Å². The molecule has 0 amide bonds. The number of rotatable bonds is 4.